The molecule has 2 fully saturated rings. The van der Waals surface area contributed by atoms with Crippen molar-refractivity contribution < 1.29 is 18.0 Å². The molecule has 0 spiro atoms. The lowest BCUT2D eigenvalue weighted by Gasteiger charge is -2.42. The van der Waals surface area contributed by atoms with Crippen molar-refractivity contribution in [3.8, 4) is 0 Å². The second-order valence-electron chi connectivity index (χ2n) is 8.68. The predicted octanol–water partition coefficient (Wildman–Crippen LogP) is 4.89. The van der Waals surface area contributed by atoms with Gasteiger partial charge in [0.15, 0.2) is 0 Å². The second-order valence-corrected chi connectivity index (χ2v) is 8.68. The number of likely N-dealkylation sites (tertiary alicyclic amines) is 1. The maximum absolute atomic E-state index is 13.2. The van der Waals surface area contributed by atoms with Crippen LogP contribution in [0.15, 0.2) is 48.8 Å². The van der Waals surface area contributed by atoms with Crippen LogP contribution >= 0.6 is 0 Å². The molecule has 1 unspecified atom stereocenters. The summed E-state index contributed by atoms with van der Waals surface area (Å²) in [7, 11) is 0. The van der Waals surface area contributed by atoms with Crippen LogP contribution in [0.2, 0.25) is 0 Å². The highest BCUT2D eigenvalue weighted by Gasteiger charge is 2.35. The number of hydrogen-bond donors (Lipinski definition) is 0. The zero-order valence-electron chi connectivity index (χ0n) is 17.5. The zero-order valence-corrected chi connectivity index (χ0v) is 17.5. The molecular formula is C24H28F3N3O. The van der Waals surface area contributed by atoms with Crippen molar-refractivity contribution in [3.05, 3.63) is 65.5 Å². The van der Waals surface area contributed by atoms with E-state index in [4.69, 9.17) is 0 Å². The Morgan fingerprint density at radius 2 is 1.84 bits per heavy atom. The highest BCUT2D eigenvalue weighted by atomic mass is 19.4. The molecule has 1 aliphatic heterocycles. The molecule has 2 aromatic rings. The molecule has 1 saturated carbocycles. The van der Waals surface area contributed by atoms with E-state index in [0.29, 0.717) is 13.1 Å². The Labute approximate surface area is 181 Å². The topological polar surface area (TPSA) is 36.4 Å². The van der Waals surface area contributed by atoms with Crippen molar-refractivity contribution in [1.82, 2.24) is 14.8 Å². The Kier molecular flexibility index (Phi) is 6.60. The SMILES string of the molecule is O=C(C1CCC1)N(Cc1cccnc1)C1CCCN(Cc2ccc(C(F)(F)F)cc2)C1. The number of amides is 1. The predicted molar refractivity (Wildman–Crippen MR) is 112 cm³/mol. The number of alkyl halides is 3. The molecule has 166 valence electrons. The first-order valence-electron chi connectivity index (χ1n) is 11.0. The molecule has 31 heavy (non-hydrogen) atoms. The van der Waals surface area contributed by atoms with E-state index in [1.165, 1.54) is 0 Å². The first-order valence-corrected chi connectivity index (χ1v) is 11.0. The summed E-state index contributed by atoms with van der Waals surface area (Å²) >= 11 is 0. The minimum Gasteiger partial charge on any atom is -0.334 e. The Morgan fingerprint density at radius 3 is 2.45 bits per heavy atom. The van der Waals surface area contributed by atoms with Crippen molar-refractivity contribution in [1.29, 1.82) is 0 Å². The third-order valence-corrected chi connectivity index (χ3v) is 6.42. The van der Waals surface area contributed by atoms with Crippen molar-refractivity contribution in [2.24, 2.45) is 5.92 Å². The largest absolute Gasteiger partial charge is 0.416 e. The number of halogens is 3. The van der Waals surface area contributed by atoms with Gasteiger partial charge in [-0.1, -0.05) is 24.6 Å². The van der Waals surface area contributed by atoms with Gasteiger partial charge in [0.1, 0.15) is 0 Å². The molecule has 1 aromatic heterocycles. The second kappa shape index (κ2) is 9.39. The van der Waals surface area contributed by atoms with Crippen molar-refractivity contribution in [2.45, 2.75) is 57.4 Å². The van der Waals surface area contributed by atoms with Gasteiger partial charge in [0.2, 0.25) is 5.91 Å². The Hall–Kier alpha value is -2.41. The number of hydrogen-bond acceptors (Lipinski definition) is 3. The number of nitrogens with zero attached hydrogens (tertiary/aromatic N) is 3. The summed E-state index contributed by atoms with van der Waals surface area (Å²) < 4.78 is 38.5. The Morgan fingerprint density at radius 1 is 1.06 bits per heavy atom. The fourth-order valence-corrected chi connectivity index (χ4v) is 4.45. The molecule has 0 bridgehead atoms. The van der Waals surface area contributed by atoms with Crippen LogP contribution in [0.25, 0.3) is 0 Å². The summed E-state index contributed by atoms with van der Waals surface area (Å²) in [6.45, 7) is 2.77. The van der Waals surface area contributed by atoms with Gasteiger partial charge in [-0.25, -0.2) is 0 Å². The summed E-state index contributed by atoms with van der Waals surface area (Å²) in [5.74, 6) is 0.360. The van der Waals surface area contributed by atoms with E-state index in [9.17, 15) is 18.0 Å². The van der Waals surface area contributed by atoms with Crippen molar-refractivity contribution >= 4 is 5.91 Å². The number of carbonyl (C=O) groups excluding carboxylic acids is 1. The fraction of sp³-hybridized carbons (Fsp3) is 0.500. The minimum atomic E-state index is -4.32. The first-order chi connectivity index (χ1) is 14.9. The smallest absolute Gasteiger partial charge is 0.334 e. The molecule has 4 rings (SSSR count). The van der Waals surface area contributed by atoms with E-state index in [2.05, 4.69) is 9.88 Å². The van der Waals surface area contributed by atoms with E-state index in [1.807, 2.05) is 23.2 Å². The van der Waals surface area contributed by atoms with Gasteiger partial charge in [-0.05, 0) is 61.6 Å². The molecule has 2 heterocycles. The maximum Gasteiger partial charge on any atom is 0.416 e. The monoisotopic (exact) mass is 431 g/mol. The standard InChI is InChI=1S/C24H28F3N3O/c25-24(26,27)21-10-8-18(9-11-21)15-29-13-3-7-22(17-29)30(23(31)20-5-1-6-20)16-19-4-2-12-28-14-19/h2,4,8-12,14,20,22H,1,3,5-7,13,15-17H2. The van der Waals surface area contributed by atoms with E-state index < -0.39 is 11.7 Å². The summed E-state index contributed by atoms with van der Waals surface area (Å²) in [4.78, 5) is 21.7. The summed E-state index contributed by atoms with van der Waals surface area (Å²) in [6.07, 6.45) is 4.17. The average molecular weight is 432 g/mol. The van der Waals surface area contributed by atoms with E-state index in [0.717, 1.165) is 68.5 Å². The van der Waals surface area contributed by atoms with Crippen molar-refractivity contribution in [3.63, 3.8) is 0 Å². The highest BCUT2D eigenvalue weighted by molar-refractivity contribution is 5.80. The van der Waals surface area contributed by atoms with E-state index in [-0.39, 0.29) is 17.9 Å². The molecule has 1 aromatic carbocycles. The van der Waals surface area contributed by atoms with Crippen LogP contribution in [0.1, 0.15) is 48.8 Å². The van der Waals surface area contributed by atoms with Crippen LogP contribution < -0.4 is 0 Å². The lowest BCUT2D eigenvalue weighted by Crippen LogP contribution is -2.51. The number of benzene rings is 1. The number of carbonyl (C=O) groups is 1. The average Bonchev–Trinajstić information content (AvgIpc) is 2.71. The Balaban J connectivity index is 1.44. The van der Waals surface area contributed by atoms with Gasteiger partial charge < -0.3 is 4.90 Å². The molecule has 1 amide bonds. The Bertz CT molecular complexity index is 866. The van der Waals surface area contributed by atoms with Gasteiger partial charge in [-0.15, -0.1) is 0 Å². The van der Waals surface area contributed by atoms with E-state index >= 15 is 0 Å². The molecule has 1 saturated heterocycles. The number of piperidine rings is 1. The molecular weight excluding hydrogens is 403 g/mol. The molecule has 2 aliphatic rings. The molecule has 0 radical (unpaired) electrons. The van der Waals surface area contributed by atoms with Crippen LogP contribution in [-0.4, -0.2) is 39.8 Å². The summed E-state index contributed by atoms with van der Waals surface area (Å²) in [5.41, 5.74) is 1.26. The van der Waals surface area contributed by atoms with Gasteiger partial charge >= 0.3 is 6.18 Å². The molecule has 0 N–H and O–H groups in total. The first kappa shape index (κ1) is 21.8. The number of pyridine rings is 1. The van der Waals surface area contributed by atoms with Crippen LogP contribution in [0.4, 0.5) is 13.2 Å². The molecule has 1 atom stereocenters. The van der Waals surface area contributed by atoms with Crippen molar-refractivity contribution in [2.75, 3.05) is 13.1 Å². The normalized spacial score (nSPS) is 20.3. The van der Waals surface area contributed by atoms with Crippen LogP contribution in [-0.2, 0) is 24.1 Å². The molecule has 7 heteroatoms. The van der Waals surface area contributed by atoms with Gasteiger partial charge in [0, 0.05) is 44.0 Å². The number of rotatable bonds is 6. The van der Waals surface area contributed by atoms with Crippen LogP contribution in [0.5, 0.6) is 0 Å². The maximum atomic E-state index is 13.2. The summed E-state index contributed by atoms with van der Waals surface area (Å²) in [6, 6.07) is 9.39. The quantitative estimate of drug-likeness (QED) is 0.653. The third-order valence-electron chi connectivity index (χ3n) is 6.42. The highest BCUT2D eigenvalue weighted by Crippen LogP contribution is 2.32. The van der Waals surface area contributed by atoms with Gasteiger partial charge in [-0.2, -0.15) is 13.2 Å². The van der Waals surface area contributed by atoms with Crippen LogP contribution in [0, 0.1) is 5.92 Å². The summed E-state index contributed by atoms with van der Waals surface area (Å²) in [5, 5.41) is 0. The van der Waals surface area contributed by atoms with Crippen LogP contribution in [0.3, 0.4) is 0 Å². The zero-order chi connectivity index (χ0) is 21.8. The van der Waals surface area contributed by atoms with E-state index in [1.54, 1.807) is 18.3 Å². The fourth-order valence-electron chi connectivity index (χ4n) is 4.45. The van der Waals surface area contributed by atoms with Gasteiger partial charge in [0.05, 0.1) is 5.56 Å². The van der Waals surface area contributed by atoms with Gasteiger partial charge in [-0.3, -0.25) is 14.7 Å². The van der Waals surface area contributed by atoms with Gasteiger partial charge in [0.25, 0.3) is 0 Å². The lowest BCUT2D eigenvalue weighted by atomic mass is 9.83. The minimum absolute atomic E-state index is 0.108. The third kappa shape index (κ3) is 5.45. The number of aromatic nitrogens is 1. The molecule has 4 nitrogen and oxygen atoms in total. The lowest BCUT2D eigenvalue weighted by molar-refractivity contribution is -0.142. The molecule has 1 aliphatic carbocycles.